The van der Waals surface area contributed by atoms with E-state index in [-0.39, 0.29) is 16.4 Å². The van der Waals surface area contributed by atoms with Crippen molar-refractivity contribution in [2.45, 2.75) is 30.0 Å². The number of hydrogen-bond donors (Lipinski definition) is 1. The zero-order chi connectivity index (χ0) is 20.5. The Kier molecular flexibility index (Phi) is 5.70. The number of sulfonamides is 1. The quantitative estimate of drug-likeness (QED) is 0.668. The second-order valence-electron chi connectivity index (χ2n) is 6.01. The van der Waals surface area contributed by atoms with Gasteiger partial charge in [-0.15, -0.1) is 11.3 Å². The SMILES string of the molecule is Cc1ccc(S(=O)(=O)N2CCCC2C(=O)Nc2cncc(OS(=O)(=O)F)c2)s1. The van der Waals surface area contributed by atoms with Gasteiger partial charge in [-0.05, 0) is 31.9 Å². The van der Waals surface area contributed by atoms with Gasteiger partial charge in [-0.1, -0.05) is 3.89 Å². The molecule has 1 fully saturated rings. The minimum absolute atomic E-state index is 0.0439. The van der Waals surface area contributed by atoms with E-state index in [2.05, 4.69) is 14.5 Å². The van der Waals surface area contributed by atoms with E-state index in [1.54, 1.807) is 13.0 Å². The van der Waals surface area contributed by atoms with Crippen molar-refractivity contribution in [3.63, 3.8) is 0 Å². The van der Waals surface area contributed by atoms with Crippen LogP contribution in [0.5, 0.6) is 5.75 Å². The largest absolute Gasteiger partial charge is 0.488 e. The van der Waals surface area contributed by atoms with E-state index in [0.29, 0.717) is 12.8 Å². The Morgan fingerprint density at radius 2 is 2.07 bits per heavy atom. The lowest BCUT2D eigenvalue weighted by atomic mass is 10.2. The van der Waals surface area contributed by atoms with Gasteiger partial charge < -0.3 is 9.50 Å². The first-order valence-corrected chi connectivity index (χ1v) is 11.6. The van der Waals surface area contributed by atoms with Crippen molar-refractivity contribution < 1.29 is 29.7 Å². The van der Waals surface area contributed by atoms with Gasteiger partial charge in [-0.2, -0.15) is 12.7 Å². The molecule has 1 aliphatic heterocycles. The standard InChI is InChI=1S/C15H16FN3O6S3/c1-10-4-5-14(26-10)27(21,22)19-6-2-3-13(19)15(20)18-11-7-12(9-17-8-11)25-28(16,23)24/h4-5,7-9,13H,2-3,6H2,1H3,(H,18,20). The molecule has 0 radical (unpaired) electrons. The van der Waals surface area contributed by atoms with Crippen LogP contribution in [0.1, 0.15) is 17.7 Å². The minimum Gasteiger partial charge on any atom is -0.357 e. The third-order valence-electron chi connectivity index (χ3n) is 3.96. The zero-order valence-electron chi connectivity index (χ0n) is 14.5. The van der Waals surface area contributed by atoms with E-state index >= 15 is 0 Å². The molecule has 2 aromatic rings. The maximum Gasteiger partial charge on any atom is 0.488 e. The lowest BCUT2D eigenvalue weighted by Gasteiger charge is -2.22. The highest BCUT2D eigenvalue weighted by atomic mass is 32.3. The first-order chi connectivity index (χ1) is 13.1. The van der Waals surface area contributed by atoms with Crippen LogP contribution < -0.4 is 9.50 Å². The Bertz CT molecular complexity index is 1100. The Balaban J connectivity index is 1.78. The van der Waals surface area contributed by atoms with Gasteiger partial charge in [-0.3, -0.25) is 9.78 Å². The summed E-state index contributed by atoms with van der Waals surface area (Å²) in [4.78, 5) is 17.1. The van der Waals surface area contributed by atoms with Crippen LogP contribution in [-0.2, 0) is 25.3 Å². The second-order valence-corrected chi connectivity index (χ2v) is 10.4. The summed E-state index contributed by atoms with van der Waals surface area (Å²) in [6.07, 6.45) is 3.01. The number of aromatic nitrogens is 1. The van der Waals surface area contributed by atoms with Gasteiger partial charge in [0.05, 0.1) is 18.1 Å². The molecule has 28 heavy (non-hydrogen) atoms. The van der Waals surface area contributed by atoms with Crippen LogP contribution in [0.2, 0.25) is 0 Å². The highest BCUT2D eigenvalue weighted by molar-refractivity contribution is 7.91. The molecule has 1 aliphatic rings. The smallest absolute Gasteiger partial charge is 0.357 e. The molecule has 0 bridgehead atoms. The molecule has 1 unspecified atom stereocenters. The molecule has 0 spiro atoms. The van der Waals surface area contributed by atoms with Crippen LogP contribution in [0.25, 0.3) is 0 Å². The van der Waals surface area contributed by atoms with E-state index in [9.17, 15) is 25.5 Å². The van der Waals surface area contributed by atoms with E-state index < -0.39 is 38.2 Å². The molecule has 152 valence electrons. The number of carbonyl (C=O) groups excluding carboxylic acids is 1. The number of halogens is 1. The first-order valence-electron chi connectivity index (χ1n) is 8.04. The molecule has 0 saturated carbocycles. The van der Waals surface area contributed by atoms with Crippen molar-refractivity contribution in [2.75, 3.05) is 11.9 Å². The fourth-order valence-corrected chi connectivity index (χ4v) is 6.22. The number of nitrogens with one attached hydrogen (secondary N) is 1. The van der Waals surface area contributed by atoms with E-state index in [1.165, 1.54) is 12.3 Å². The summed E-state index contributed by atoms with van der Waals surface area (Å²) >= 11 is 1.13. The molecule has 0 aliphatic carbocycles. The number of anilines is 1. The number of pyridine rings is 1. The molecular formula is C15H16FN3O6S3. The van der Waals surface area contributed by atoms with E-state index in [1.807, 2.05) is 0 Å². The van der Waals surface area contributed by atoms with Crippen LogP contribution in [0.15, 0.2) is 34.8 Å². The minimum atomic E-state index is -5.23. The normalized spacial score (nSPS) is 18.1. The number of carbonyl (C=O) groups is 1. The number of hydrogen-bond acceptors (Lipinski definition) is 8. The number of nitrogens with zero attached hydrogens (tertiary/aromatic N) is 2. The fourth-order valence-electron chi connectivity index (χ4n) is 2.83. The third-order valence-corrected chi connectivity index (χ3v) is 7.73. The second kappa shape index (κ2) is 7.73. The highest BCUT2D eigenvalue weighted by Gasteiger charge is 2.40. The van der Waals surface area contributed by atoms with Crippen molar-refractivity contribution in [3.8, 4) is 5.75 Å². The predicted octanol–water partition coefficient (Wildman–Crippen LogP) is 1.84. The Morgan fingerprint density at radius 1 is 1.32 bits per heavy atom. The van der Waals surface area contributed by atoms with Crippen LogP contribution in [0.4, 0.5) is 9.57 Å². The monoisotopic (exact) mass is 449 g/mol. The Labute approximate surface area is 165 Å². The van der Waals surface area contributed by atoms with Crippen molar-refractivity contribution in [2.24, 2.45) is 0 Å². The molecule has 9 nitrogen and oxygen atoms in total. The highest BCUT2D eigenvalue weighted by Crippen LogP contribution is 2.30. The summed E-state index contributed by atoms with van der Waals surface area (Å²) < 4.78 is 64.8. The van der Waals surface area contributed by atoms with E-state index in [0.717, 1.165) is 32.8 Å². The molecule has 1 atom stereocenters. The van der Waals surface area contributed by atoms with Crippen molar-refractivity contribution in [1.29, 1.82) is 0 Å². The van der Waals surface area contributed by atoms with Gasteiger partial charge in [-0.25, -0.2) is 8.42 Å². The summed E-state index contributed by atoms with van der Waals surface area (Å²) in [5.74, 6) is -1.03. The molecule has 1 saturated heterocycles. The van der Waals surface area contributed by atoms with Gasteiger partial charge in [0.2, 0.25) is 5.91 Å². The number of aryl methyl sites for hydroxylation is 1. The lowest BCUT2D eigenvalue weighted by Crippen LogP contribution is -2.42. The number of rotatable bonds is 6. The van der Waals surface area contributed by atoms with Gasteiger partial charge in [0.25, 0.3) is 10.0 Å². The predicted molar refractivity (Wildman–Crippen MR) is 99.5 cm³/mol. The Morgan fingerprint density at radius 3 is 2.71 bits per heavy atom. The topological polar surface area (TPSA) is 123 Å². The number of amides is 1. The maximum absolute atomic E-state index is 12.8. The maximum atomic E-state index is 12.8. The van der Waals surface area contributed by atoms with Crippen molar-refractivity contribution >= 4 is 43.5 Å². The van der Waals surface area contributed by atoms with Crippen molar-refractivity contribution in [1.82, 2.24) is 9.29 Å². The summed E-state index contributed by atoms with van der Waals surface area (Å²) in [7, 11) is -9.05. The fraction of sp³-hybridized carbons (Fsp3) is 0.333. The van der Waals surface area contributed by atoms with Gasteiger partial charge in [0.15, 0.2) is 5.75 Å². The molecule has 1 N–H and O–H groups in total. The average molecular weight is 450 g/mol. The summed E-state index contributed by atoms with van der Waals surface area (Å²) in [5, 5.41) is 2.47. The molecule has 3 rings (SSSR count). The average Bonchev–Trinajstić information content (AvgIpc) is 3.23. The zero-order valence-corrected chi connectivity index (χ0v) is 17.0. The number of thiophene rings is 1. The van der Waals surface area contributed by atoms with Crippen LogP contribution in [0, 0.1) is 6.92 Å². The third kappa shape index (κ3) is 4.66. The van der Waals surface area contributed by atoms with Crippen LogP contribution in [0.3, 0.4) is 0 Å². The summed E-state index contributed by atoms with van der Waals surface area (Å²) in [6, 6.07) is 3.34. The van der Waals surface area contributed by atoms with Gasteiger partial charge in [0.1, 0.15) is 10.3 Å². The lowest BCUT2D eigenvalue weighted by molar-refractivity contribution is -0.119. The van der Waals surface area contributed by atoms with E-state index in [4.69, 9.17) is 0 Å². The first kappa shape index (κ1) is 20.6. The molecule has 3 heterocycles. The summed E-state index contributed by atoms with van der Waals surface area (Å²) in [6.45, 7) is 2.00. The molecular weight excluding hydrogens is 433 g/mol. The van der Waals surface area contributed by atoms with Gasteiger partial charge in [0, 0.05) is 17.5 Å². The molecule has 13 heteroatoms. The van der Waals surface area contributed by atoms with Crippen molar-refractivity contribution in [3.05, 3.63) is 35.5 Å². The van der Waals surface area contributed by atoms with Gasteiger partial charge >= 0.3 is 10.5 Å². The Hall–Kier alpha value is -2.09. The molecule has 1 amide bonds. The molecule has 2 aromatic heterocycles. The van der Waals surface area contributed by atoms with Crippen LogP contribution in [-0.4, -0.2) is 44.6 Å². The summed E-state index contributed by atoms with van der Waals surface area (Å²) in [5.41, 5.74) is 0.0439. The van der Waals surface area contributed by atoms with Crippen LogP contribution >= 0.6 is 11.3 Å². The molecule has 0 aromatic carbocycles.